The van der Waals surface area contributed by atoms with E-state index in [1.54, 1.807) is 95.0 Å². The summed E-state index contributed by atoms with van der Waals surface area (Å²) in [5, 5.41) is 0. The number of piperidine rings is 1. The van der Waals surface area contributed by atoms with Crippen molar-refractivity contribution in [3.63, 3.8) is 0 Å². The average molecular weight is 937 g/mol. The zero-order chi connectivity index (χ0) is 48.5. The molecule has 2 spiro atoms. The van der Waals surface area contributed by atoms with Crippen molar-refractivity contribution in [3.05, 3.63) is 154 Å². The Kier molecular flexibility index (Phi) is 14.3. The Morgan fingerprint density at radius 1 is 0.507 bits per heavy atom. The minimum absolute atomic E-state index is 0.0404. The molecule has 2 atom stereocenters. The molecule has 4 aromatic carbocycles. The van der Waals surface area contributed by atoms with E-state index in [1.165, 1.54) is 59.5 Å². The number of nitrogens with zero attached hydrogens (tertiary/aromatic N) is 4. The third-order valence-corrected chi connectivity index (χ3v) is 13.0. The molecule has 0 unspecified atom stereocenters. The van der Waals surface area contributed by atoms with Crippen molar-refractivity contribution in [2.45, 2.75) is 90.0 Å². The van der Waals surface area contributed by atoms with E-state index in [4.69, 9.17) is 9.47 Å². The van der Waals surface area contributed by atoms with Gasteiger partial charge in [-0.3, -0.25) is 9.80 Å². The summed E-state index contributed by atoms with van der Waals surface area (Å²) in [6.45, 7) is 12.2. The molecule has 8 rings (SSSR count). The van der Waals surface area contributed by atoms with Crippen molar-refractivity contribution >= 4 is 12.2 Å². The van der Waals surface area contributed by atoms with E-state index in [-0.39, 0.29) is 62.6 Å². The molecule has 15 heteroatoms. The van der Waals surface area contributed by atoms with Crippen molar-refractivity contribution in [1.82, 2.24) is 19.6 Å². The normalized spacial score (nSPS) is 22.3. The number of carbonyl (C=O) groups excluding carboxylic acids is 2. The lowest BCUT2D eigenvalue weighted by molar-refractivity contribution is -0.159. The Morgan fingerprint density at radius 2 is 0.896 bits per heavy atom. The fourth-order valence-electron chi connectivity index (χ4n) is 9.77. The zero-order valence-corrected chi connectivity index (χ0v) is 38.8. The number of hydrogen-bond acceptors (Lipinski definition) is 6. The molecule has 0 bridgehead atoms. The highest BCUT2D eigenvalue weighted by molar-refractivity contribution is 5.69. The Hall–Kier alpha value is -5.41. The molecule has 0 aromatic heterocycles. The SMILES string of the molecule is CC(C)(C)OC(=O)N1CC=C(F)[C@@]2(CCN(C(c3ccc(F)cc3)c3ccc(F)cc3)C2)C1.CC(C)(C)OC(=O)N1CCC(F)(F)[C@@]2(CCN(C(c3ccc(F)cc3)c3ccc(F)cc3)C2)C1. The van der Waals surface area contributed by atoms with E-state index in [1.807, 2.05) is 4.90 Å². The van der Waals surface area contributed by atoms with Crippen molar-refractivity contribution in [2.75, 3.05) is 52.4 Å². The molecule has 3 saturated heterocycles. The predicted molar refractivity (Wildman–Crippen MR) is 241 cm³/mol. The topological polar surface area (TPSA) is 65.6 Å². The van der Waals surface area contributed by atoms with Crippen LogP contribution in [0.4, 0.5) is 40.3 Å². The summed E-state index contributed by atoms with van der Waals surface area (Å²) in [5.41, 5.74) is -0.493. The van der Waals surface area contributed by atoms with Gasteiger partial charge in [0.15, 0.2) is 0 Å². The molecule has 4 heterocycles. The first-order chi connectivity index (χ1) is 31.5. The van der Waals surface area contributed by atoms with E-state index in [9.17, 15) is 27.2 Å². The van der Waals surface area contributed by atoms with Gasteiger partial charge in [0.2, 0.25) is 0 Å². The van der Waals surface area contributed by atoms with Crippen LogP contribution in [-0.2, 0) is 9.47 Å². The number of hydrogen-bond donors (Lipinski definition) is 0. The van der Waals surface area contributed by atoms with E-state index >= 15 is 13.2 Å². The second-order valence-corrected chi connectivity index (χ2v) is 20.3. The fraction of sp³-hybridized carbons (Fsp3) is 0.462. The molecule has 67 heavy (non-hydrogen) atoms. The fourth-order valence-corrected chi connectivity index (χ4v) is 9.77. The largest absolute Gasteiger partial charge is 0.444 e. The van der Waals surface area contributed by atoms with Gasteiger partial charge in [0.1, 0.15) is 40.3 Å². The molecule has 4 aliphatic rings. The van der Waals surface area contributed by atoms with Crippen LogP contribution in [0.3, 0.4) is 0 Å². The van der Waals surface area contributed by atoms with Gasteiger partial charge in [-0.25, -0.2) is 40.3 Å². The van der Waals surface area contributed by atoms with Crippen molar-refractivity contribution < 1.29 is 49.8 Å². The summed E-state index contributed by atoms with van der Waals surface area (Å²) in [6.07, 6.45) is 0.692. The van der Waals surface area contributed by atoms with Crippen LogP contribution in [0.1, 0.15) is 95.1 Å². The van der Waals surface area contributed by atoms with Crippen molar-refractivity contribution in [2.24, 2.45) is 10.8 Å². The molecule has 8 nitrogen and oxygen atoms in total. The van der Waals surface area contributed by atoms with Gasteiger partial charge in [-0.2, -0.15) is 0 Å². The van der Waals surface area contributed by atoms with Gasteiger partial charge in [-0.15, -0.1) is 0 Å². The van der Waals surface area contributed by atoms with Crippen LogP contribution < -0.4 is 0 Å². The molecule has 0 radical (unpaired) electrons. The maximum Gasteiger partial charge on any atom is 0.410 e. The Balaban J connectivity index is 0.000000199. The van der Waals surface area contributed by atoms with Gasteiger partial charge in [0.25, 0.3) is 5.92 Å². The third kappa shape index (κ3) is 11.5. The Labute approximate surface area is 388 Å². The molecule has 360 valence electrons. The van der Waals surface area contributed by atoms with Crippen LogP contribution in [-0.4, -0.2) is 101 Å². The van der Waals surface area contributed by atoms with Gasteiger partial charge in [-0.05, 0) is 138 Å². The van der Waals surface area contributed by atoms with Gasteiger partial charge in [-0.1, -0.05) is 48.5 Å². The monoisotopic (exact) mass is 936 g/mol. The minimum atomic E-state index is -2.96. The summed E-state index contributed by atoms with van der Waals surface area (Å²) in [5.74, 6) is -4.66. The molecule has 3 fully saturated rings. The number of ether oxygens (including phenoxy) is 2. The van der Waals surface area contributed by atoms with Crippen LogP contribution >= 0.6 is 0 Å². The summed E-state index contributed by atoms with van der Waals surface area (Å²) >= 11 is 0. The lowest BCUT2D eigenvalue weighted by Gasteiger charge is -2.46. The maximum atomic E-state index is 15.4. The number of alkyl halides is 2. The summed E-state index contributed by atoms with van der Waals surface area (Å²) in [6, 6.07) is 23.5. The second-order valence-electron chi connectivity index (χ2n) is 20.3. The van der Waals surface area contributed by atoms with Gasteiger partial charge in [0, 0.05) is 52.2 Å². The maximum absolute atomic E-state index is 15.4. The highest BCUT2D eigenvalue weighted by Crippen LogP contribution is 2.52. The van der Waals surface area contributed by atoms with Crippen LogP contribution in [0.5, 0.6) is 0 Å². The number of rotatable bonds is 6. The molecule has 0 saturated carbocycles. The highest BCUT2D eigenvalue weighted by Gasteiger charge is 2.61. The first kappa shape index (κ1) is 49.5. The number of amides is 2. The number of likely N-dealkylation sites (tertiary alicyclic amines) is 3. The molecular formula is C52H59F7N4O4. The van der Waals surface area contributed by atoms with Crippen LogP contribution in [0.15, 0.2) is 109 Å². The Bertz CT molecular complexity index is 2300. The first-order valence-electron chi connectivity index (χ1n) is 22.7. The van der Waals surface area contributed by atoms with Crippen molar-refractivity contribution in [3.8, 4) is 0 Å². The minimum Gasteiger partial charge on any atom is -0.444 e. The van der Waals surface area contributed by atoms with E-state index in [2.05, 4.69) is 4.90 Å². The smallest absolute Gasteiger partial charge is 0.410 e. The molecule has 0 N–H and O–H groups in total. The standard InChI is InChI=1S/C26H30F4N2O2.C26H29F3N2O2/c1-24(2,3)34-23(33)32-15-13-26(29,30)25(17-32)12-14-31(16-25)22(18-4-8-20(27)9-5-18)19-6-10-21(28)11-7-19;1-25(2,3)33-24(32)31-14-12-22(29)26(17-31)13-15-30(16-26)23(18-4-8-20(27)9-5-18)19-6-10-21(28)11-7-19/h4-11,22H,12-17H2,1-3H3;4-12,23H,13-17H2,1-3H3/t25-;26-/m11/s1. The van der Waals surface area contributed by atoms with Gasteiger partial charge in [0.05, 0.1) is 22.9 Å². The number of carbonyl (C=O) groups is 2. The van der Waals surface area contributed by atoms with E-state index in [0.717, 1.165) is 22.3 Å². The van der Waals surface area contributed by atoms with Gasteiger partial charge < -0.3 is 19.3 Å². The quantitative estimate of drug-likeness (QED) is 0.180. The zero-order valence-electron chi connectivity index (χ0n) is 38.8. The van der Waals surface area contributed by atoms with Crippen LogP contribution in [0.25, 0.3) is 0 Å². The average Bonchev–Trinajstić information content (AvgIpc) is 3.88. The first-order valence-corrected chi connectivity index (χ1v) is 22.7. The van der Waals surface area contributed by atoms with Crippen LogP contribution in [0.2, 0.25) is 0 Å². The predicted octanol–water partition coefficient (Wildman–Crippen LogP) is 11.9. The van der Waals surface area contributed by atoms with Crippen molar-refractivity contribution in [1.29, 1.82) is 0 Å². The molecule has 0 aliphatic carbocycles. The summed E-state index contributed by atoms with van der Waals surface area (Å²) in [7, 11) is 0. The second kappa shape index (κ2) is 19.3. The number of benzene rings is 4. The highest BCUT2D eigenvalue weighted by atomic mass is 19.3. The molecule has 2 amide bonds. The summed E-state index contributed by atoms with van der Waals surface area (Å²) < 4.78 is 111. The molecule has 4 aliphatic heterocycles. The van der Waals surface area contributed by atoms with Gasteiger partial charge >= 0.3 is 12.2 Å². The number of halogens is 7. The lowest BCUT2D eigenvalue weighted by Crippen LogP contribution is -2.58. The molecule has 4 aromatic rings. The van der Waals surface area contributed by atoms with E-state index < -0.39 is 64.2 Å². The van der Waals surface area contributed by atoms with E-state index in [0.29, 0.717) is 26.1 Å². The van der Waals surface area contributed by atoms with Crippen LogP contribution in [0, 0.1) is 34.1 Å². The summed E-state index contributed by atoms with van der Waals surface area (Å²) in [4.78, 5) is 32.3. The third-order valence-electron chi connectivity index (χ3n) is 13.0. The Morgan fingerprint density at radius 3 is 1.31 bits per heavy atom. The molecular weight excluding hydrogens is 878 g/mol. The lowest BCUT2D eigenvalue weighted by atomic mass is 9.75.